The Morgan fingerprint density at radius 1 is 1.10 bits per heavy atom. The molecule has 218 valence electrons. The van der Waals surface area contributed by atoms with Crippen LogP contribution >= 0.6 is 11.8 Å². The second-order valence-corrected chi connectivity index (χ2v) is 10.2. The van der Waals surface area contributed by atoms with E-state index in [1.807, 2.05) is 12.1 Å². The van der Waals surface area contributed by atoms with E-state index in [2.05, 4.69) is 25.1 Å². The van der Waals surface area contributed by atoms with Gasteiger partial charge < -0.3 is 15.2 Å². The van der Waals surface area contributed by atoms with Crippen molar-refractivity contribution in [2.24, 2.45) is 4.99 Å². The monoisotopic (exact) mass is 600 g/mol. The van der Waals surface area contributed by atoms with Crippen LogP contribution in [0, 0.1) is 12.7 Å². The number of alkyl halides is 3. The van der Waals surface area contributed by atoms with Crippen LogP contribution in [-0.2, 0) is 17.6 Å². The van der Waals surface area contributed by atoms with E-state index in [-0.39, 0.29) is 28.3 Å². The summed E-state index contributed by atoms with van der Waals surface area (Å²) in [7, 11) is 0. The zero-order valence-corrected chi connectivity index (χ0v) is 22.9. The van der Waals surface area contributed by atoms with Crippen LogP contribution in [0.1, 0.15) is 17.0 Å². The number of amidine groups is 1. The third-order valence-electron chi connectivity index (χ3n) is 6.10. The SMILES string of the molecule is Cc1ccc(F)c(N2C(=O)CSC2=NC(O)Nc2ccc(CCc3ncn(-c4ccc(OC(F)(F)F)cc4)n3)cc2)c1. The number of aliphatic hydroxyl groups is 1. The predicted molar refractivity (Wildman–Crippen MR) is 150 cm³/mol. The van der Waals surface area contributed by atoms with Crippen LogP contribution in [0.3, 0.4) is 0 Å². The number of halogens is 4. The fourth-order valence-corrected chi connectivity index (χ4v) is 5.02. The van der Waals surface area contributed by atoms with Gasteiger partial charge in [-0.3, -0.25) is 9.69 Å². The fraction of sp³-hybridized carbons (Fsp3) is 0.214. The molecule has 42 heavy (non-hydrogen) atoms. The molecule has 0 spiro atoms. The van der Waals surface area contributed by atoms with Gasteiger partial charge in [-0.25, -0.2) is 19.0 Å². The van der Waals surface area contributed by atoms with Gasteiger partial charge in [0.05, 0.1) is 17.1 Å². The molecule has 2 heterocycles. The van der Waals surface area contributed by atoms with Crippen molar-refractivity contribution in [3.63, 3.8) is 0 Å². The Morgan fingerprint density at radius 2 is 1.83 bits per heavy atom. The lowest BCUT2D eigenvalue weighted by Crippen LogP contribution is -2.32. The number of hydrogen-bond donors (Lipinski definition) is 2. The van der Waals surface area contributed by atoms with Crippen LogP contribution in [0.25, 0.3) is 5.69 Å². The number of aliphatic imine (C=N–C) groups is 1. The van der Waals surface area contributed by atoms with Gasteiger partial charge in [-0.05, 0) is 73.0 Å². The molecule has 1 aromatic heterocycles. The number of nitrogens with zero attached hydrogens (tertiary/aromatic N) is 5. The Morgan fingerprint density at radius 3 is 2.55 bits per heavy atom. The molecule has 2 N–H and O–H groups in total. The van der Waals surface area contributed by atoms with Gasteiger partial charge >= 0.3 is 6.36 Å². The summed E-state index contributed by atoms with van der Waals surface area (Å²) in [5, 5.41) is 17.9. The highest BCUT2D eigenvalue weighted by Gasteiger charge is 2.32. The van der Waals surface area contributed by atoms with E-state index in [4.69, 9.17) is 0 Å². The predicted octanol–water partition coefficient (Wildman–Crippen LogP) is 5.22. The topological polar surface area (TPSA) is 105 Å². The summed E-state index contributed by atoms with van der Waals surface area (Å²) in [6.45, 7) is 1.79. The molecule has 4 aromatic rings. The van der Waals surface area contributed by atoms with Crippen LogP contribution in [-0.4, -0.2) is 49.4 Å². The van der Waals surface area contributed by atoms with Gasteiger partial charge in [0.25, 0.3) is 0 Å². The van der Waals surface area contributed by atoms with Crippen LogP contribution in [0.4, 0.5) is 28.9 Å². The lowest BCUT2D eigenvalue weighted by Gasteiger charge is -2.19. The highest BCUT2D eigenvalue weighted by molar-refractivity contribution is 8.15. The number of hydrogen-bond acceptors (Lipinski definition) is 8. The third kappa shape index (κ3) is 7.25. The molecule has 0 bridgehead atoms. The molecule has 3 aromatic carbocycles. The Balaban J connectivity index is 1.16. The zero-order chi connectivity index (χ0) is 29.9. The second kappa shape index (κ2) is 12.2. The standard InChI is InChI=1S/C28H24F4N6O3S/c1-17-2-12-22(29)23(14-17)38-25(39)15-42-27(38)35-26(40)34-19-6-3-18(4-7-19)5-13-24-33-16-37(36-24)20-8-10-21(11-9-20)41-28(30,31)32/h2-4,6-12,14,16,26,34,40H,5,13,15H2,1H3. The molecule has 1 amide bonds. The average Bonchev–Trinajstić information content (AvgIpc) is 3.56. The summed E-state index contributed by atoms with van der Waals surface area (Å²) in [5.41, 5.74) is 2.97. The second-order valence-electron chi connectivity index (χ2n) is 9.25. The van der Waals surface area contributed by atoms with Crippen molar-refractivity contribution in [1.82, 2.24) is 14.8 Å². The number of aromatic nitrogens is 3. The number of carbonyl (C=O) groups excluding carboxylic acids is 1. The van der Waals surface area contributed by atoms with Crippen molar-refractivity contribution in [3.8, 4) is 11.4 Å². The molecular formula is C28H24F4N6O3S. The molecule has 1 aliphatic rings. The van der Waals surface area contributed by atoms with Gasteiger partial charge in [-0.1, -0.05) is 30.0 Å². The number of carbonyl (C=O) groups is 1. The number of nitrogens with one attached hydrogen (secondary N) is 1. The highest BCUT2D eigenvalue weighted by Crippen LogP contribution is 2.30. The molecule has 1 atom stereocenters. The molecular weight excluding hydrogens is 576 g/mol. The minimum Gasteiger partial charge on any atom is -0.406 e. The number of ether oxygens (including phenoxy) is 1. The van der Waals surface area contributed by atoms with Crippen molar-refractivity contribution in [2.45, 2.75) is 32.5 Å². The van der Waals surface area contributed by atoms with Gasteiger partial charge in [0.2, 0.25) is 12.3 Å². The number of anilines is 2. The summed E-state index contributed by atoms with van der Waals surface area (Å²) in [6, 6.07) is 17.0. The van der Waals surface area contributed by atoms with E-state index >= 15 is 0 Å². The summed E-state index contributed by atoms with van der Waals surface area (Å²) in [4.78, 5) is 22.0. The van der Waals surface area contributed by atoms with E-state index in [1.165, 1.54) is 46.2 Å². The Kier molecular flexibility index (Phi) is 8.45. The molecule has 1 saturated heterocycles. The summed E-state index contributed by atoms with van der Waals surface area (Å²) < 4.78 is 56.8. The fourth-order valence-electron chi connectivity index (χ4n) is 4.14. The summed E-state index contributed by atoms with van der Waals surface area (Å²) >= 11 is 1.12. The zero-order valence-electron chi connectivity index (χ0n) is 22.0. The first kappa shape index (κ1) is 29.1. The van der Waals surface area contributed by atoms with Gasteiger partial charge in [0, 0.05) is 12.1 Å². The number of benzene rings is 3. The maximum absolute atomic E-state index is 14.4. The van der Waals surface area contributed by atoms with E-state index in [0.717, 1.165) is 22.9 Å². The first-order valence-corrected chi connectivity index (χ1v) is 13.6. The Labute approximate surface area is 241 Å². The minimum absolute atomic E-state index is 0.0872. The third-order valence-corrected chi connectivity index (χ3v) is 7.04. The minimum atomic E-state index is -4.76. The lowest BCUT2D eigenvalue weighted by atomic mass is 10.1. The van der Waals surface area contributed by atoms with Crippen molar-refractivity contribution in [3.05, 3.63) is 95.8 Å². The largest absolute Gasteiger partial charge is 0.573 e. The van der Waals surface area contributed by atoms with Gasteiger partial charge in [-0.2, -0.15) is 5.10 Å². The van der Waals surface area contributed by atoms with E-state index in [1.54, 1.807) is 31.2 Å². The lowest BCUT2D eigenvalue weighted by molar-refractivity contribution is -0.274. The van der Waals surface area contributed by atoms with Crippen molar-refractivity contribution >= 4 is 34.2 Å². The molecule has 5 rings (SSSR count). The Hall–Kier alpha value is -4.43. The molecule has 0 aliphatic carbocycles. The molecule has 9 nitrogen and oxygen atoms in total. The first-order valence-electron chi connectivity index (χ1n) is 12.6. The van der Waals surface area contributed by atoms with E-state index in [0.29, 0.717) is 30.0 Å². The number of aliphatic hydroxyl groups excluding tert-OH is 1. The highest BCUT2D eigenvalue weighted by atomic mass is 32.2. The van der Waals surface area contributed by atoms with Gasteiger partial charge in [0.1, 0.15) is 17.9 Å². The normalized spacial score (nSPS) is 15.3. The quantitative estimate of drug-likeness (QED) is 0.201. The molecule has 1 aliphatic heterocycles. The maximum Gasteiger partial charge on any atom is 0.573 e. The molecule has 0 saturated carbocycles. The van der Waals surface area contributed by atoms with Crippen molar-refractivity contribution in [1.29, 1.82) is 0 Å². The summed E-state index contributed by atoms with van der Waals surface area (Å²) in [6.07, 6.45) is -3.52. The number of amides is 1. The van der Waals surface area contributed by atoms with Crippen LogP contribution in [0.15, 0.2) is 78.0 Å². The molecule has 14 heteroatoms. The first-order chi connectivity index (χ1) is 20.0. The Bertz CT molecular complexity index is 1590. The van der Waals surface area contributed by atoms with Gasteiger partial charge in [0.15, 0.2) is 11.0 Å². The van der Waals surface area contributed by atoms with Gasteiger partial charge in [-0.15, -0.1) is 13.2 Å². The van der Waals surface area contributed by atoms with E-state index < -0.39 is 18.5 Å². The molecule has 1 unspecified atom stereocenters. The number of rotatable bonds is 9. The summed E-state index contributed by atoms with van der Waals surface area (Å²) in [5.74, 6) is -0.566. The van der Waals surface area contributed by atoms with Crippen molar-refractivity contribution < 1.29 is 32.2 Å². The number of aryl methyl sites for hydroxylation is 3. The molecule has 0 radical (unpaired) electrons. The smallest absolute Gasteiger partial charge is 0.406 e. The molecule has 1 fully saturated rings. The average molecular weight is 601 g/mol. The van der Waals surface area contributed by atoms with Crippen LogP contribution < -0.4 is 15.0 Å². The van der Waals surface area contributed by atoms with Crippen molar-refractivity contribution in [2.75, 3.05) is 16.0 Å². The van der Waals surface area contributed by atoms with Crippen LogP contribution in [0.2, 0.25) is 0 Å². The number of thioether (sulfide) groups is 1. The van der Waals surface area contributed by atoms with Crippen LogP contribution in [0.5, 0.6) is 5.75 Å². The van der Waals surface area contributed by atoms with E-state index in [9.17, 15) is 27.5 Å². The maximum atomic E-state index is 14.4.